The SMILES string of the molecule is O=C(Cc1cccc(F)c1)NNC(=S)NCc1ccccc1. The molecule has 114 valence electrons. The van der Waals surface area contributed by atoms with Gasteiger partial charge in [-0.1, -0.05) is 42.5 Å². The van der Waals surface area contributed by atoms with Gasteiger partial charge in [0.1, 0.15) is 5.82 Å². The zero-order valence-electron chi connectivity index (χ0n) is 11.8. The molecule has 1 amide bonds. The quantitative estimate of drug-likeness (QED) is 0.597. The van der Waals surface area contributed by atoms with Gasteiger partial charge in [0.2, 0.25) is 5.91 Å². The van der Waals surface area contributed by atoms with Crippen molar-refractivity contribution in [2.45, 2.75) is 13.0 Å². The van der Waals surface area contributed by atoms with Crippen LogP contribution < -0.4 is 16.2 Å². The second kappa shape index (κ2) is 8.09. The minimum absolute atomic E-state index is 0.0755. The summed E-state index contributed by atoms with van der Waals surface area (Å²) in [4.78, 5) is 11.7. The summed E-state index contributed by atoms with van der Waals surface area (Å²) in [6.45, 7) is 0.562. The molecule has 6 heteroatoms. The molecule has 0 aromatic heterocycles. The lowest BCUT2D eigenvalue weighted by atomic mass is 10.1. The van der Waals surface area contributed by atoms with Gasteiger partial charge in [-0.25, -0.2) is 4.39 Å². The first-order valence-electron chi connectivity index (χ1n) is 6.74. The van der Waals surface area contributed by atoms with Crippen LogP contribution in [0.5, 0.6) is 0 Å². The van der Waals surface area contributed by atoms with E-state index in [1.165, 1.54) is 12.1 Å². The van der Waals surface area contributed by atoms with Gasteiger partial charge in [-0.15, -0.1) is 0 Å². The molecule has 0 atom stereocenters. The normalized spacial score (nSPS) is 9.86. The van der Waals surface area contributed by atoms with Gasteiger partial charge < -0.3 is 5.32 Å². The average molecular weight is 317 g/mol. The Morgan fingerprint density at radius 2 is 1.73 bits per heavy atom. The van der Waals surface area contributed by atoms with Crippen LogP contribution in [0.15, 0.2) is 54.6 Å². The number of benzene rings is 2. The van der Waals surface area contributed by atoms with Gasteiger partial charge in [-0.05, 0) is 35.5 Å². The van der Waals surface area contributed by atoms with Crippen LogP contribution in [0.2, 0.25) is 0 Å². The first-order chi connectivity index (χ1) is 10.6. The molecule has 22 heavy (non-hydrogen) atoms. The third kappa shape index (κ3) is 5.49. The Labute approximate surface area is 133 Å². The van der Waals surface area contributed by atoms with E-state index < -0.39 is 0 Å². The number of hydrogen-bond acceptors (Lipinski definition) is 2. The van der Waals surface area contributed by atoms with E-state index in [2.05, 4.69) is 16.2 Å². The van der Waals surface area contributed by atoms with E-state index in [1.807, 2.05) is 30.3 Å². The molecule has 0 radical (unpaired) electrons. The summed E-state index contributed by atoms with van der Waals surface area (Å²) >= 11 is 5.06. The summed E-state index contributed by atoms with van der Waals surface area (Å²) in [6, 6.07) is 15.7. The van der Waals surface area contributed by atoms with Gasteiger partial charge >= 0.3 is 0 Å². The fourth-order valence-corrected chi connectivity index (χ4v) is 1.95. The molecule has 0 heterocycles. The van der Waals surface area contributed by atoms with Crippen molar-refractivity contribution < 1.29 is 9.18 Å². The molecular weight excluding hydrogens is 301 g/mol. The number of hydrazine groups is 1. The van der Waals surface area contributed by atoms with Gasteiger partial charge in [-0.2, -0.15) is 0 Å². The summed E-state index contributed by atoms with van der Waals surface area (Å²) in [5, 5.41) is 3.29. The molecule has 0 saturated heterocycles. The number of nitrogens with one attached hydrogen (secondary N) is 3. The highest BCUT2D eigenvalue weighted by molar-refractivity contribution is 7.80. The molecule has 0 aliphatic rings. The summed E-state index contributed by atoms with van der Waals surface area (Å²) in [5.41, 5.74) is 6.77. The highest BCUT2D eigenvalue weighted by atomic mass is 32.1. The van der Waals surface area contributed by atoms with Crippen molar-refractivity contribution in [2.24, 2.45) is 0 Å². The maximum absolute atomic E-state index is 13.0. The highest BCUT2D eigenvalue weighted by Gasteiger charge is 2.04. The Kier molecular flexibility index (Phi) is 5.85. The zero-order chi connectivity index (χ0) is 15.8. The van der Waals surface area contributed by atoms with Gasteiger partial charge in [0, 0.05) is 6.54 Å². The fraction of sp³-hybridized carbons (Fsp3) is 0.125. The lowest BCUT2D eigenvalue weighted by Crippen LogP contribution is -2.47. The minimum atomic E-state index is -0.363. The van der Waals surface area contributed by atoms with Crippen LogP contribution in [0.3, 0.4) is 0 Å². The van der Waals surface area contributed by atoms with E-state index in [-0.39, 0.29) is 18.1 Å². The number of carbonyl (C=O) groups is 1. The van der Waals surface area contributed by atoms with E-state index in [4.69, 9.17) is 12.2 Å². The lowest BCUT2D eigenvalue weighted by Gasteiger charge is -2.11. The Balaban J connectivity index is 1.70. The Morgan fingerprint density at radius 3 is 2.45 bits per heavy atom. The number of hydrogen-bond donors (Lipinski definition) is 3. The van der Waals surface area contributed by atoms with Crippen molar-refractivity contribution in [3.8, 4) is 0 Å². The lowest BCUT2D eigenvalue weighted by molar-refractivity contribution is -0.121. The predicted molar refractivity (Wildman–Crippen MR) is 87.3 cm³/mol. The fourth-order valence-electron chi connectivity index (χ4n) is 1.83. The summed E-state index contributed by atoms with van der Waals surface area (Å²) < 4.78 is 13.0. The first-order valence-corrected chi connectivity index (χ1v) is 7.15. The predicted octanol–water partition coefficient (Wildman–Crippen LogP) is 2.06. The molecule has 0 saturated carbocycles. The summed E-state index contributed by atoms with van der Waals surface area (Å²) in [7, 11) is 0. The Bertz CT molecular complexity index is 649. The highest BCUT2D eigenvalue weighted by Crippen LogP contribution is 2.03. The van der Waals surface area contributed by atoms with Crippen LogP contribution in [0.1, 0.15) is 11.1 Å². The number of thiocarbonyl (C=S) groups is 1. The maximum Gasteiger partial charge on any atom is 0.242 e. The molecule has 4 nitrogen and oxygen atoms in total. The van der Waals surface area contributed by atoms with Crippen molar-refractivity contribution in [3.05, 3.63) is 71.5 Å². The van der Waals surface area contributed by atoms with Crippen LogP contribution in [0.25, 0.3) is 0 Å². The molecule has 0 spiro atoms. The van der Waals surface area contributed by atoms with E-state index in [0.29, 0.717) is 17.2 Å². The molecule has 3 N–H and O–H groups in total. The van der Waals surface area contributed by atoms with Crippen LogP contribution >= 0.6 is 12.2 Å². The molecule has 2 aromatic carbocycles. The van der Waals surface area contributed by atoms with Crippen molar-refractivity contribution >= 4 is 23.2 Å². The minimum Gasteiger partial charge on any atom is -0.357 e. The van der Waals surface area contributed by atoms with Crippen molar-refractivity contribution in [3.63, 3.8) is 0 Å². The van der Waals surface area contributed by atoms with Gasteiger partial charge in [0.25, 0.3) is 0 Å². The molecular formula is C16H16FN3OS. The topological polar surface area (TPSA) is 53.2 Å². The van der Waals surface area contributed by atoms with Crippen LogP contribution in [0.4, 0.5) is 4.39 Å². The van der Waals surface area contributed by atoms with E-state index >= 15 is 0 Å². The maximum atomic E-state index is 13.0. The van der Waals surface area contributed by atoms with Crippen LogP contribution in [-0.2, 0) is 17.8 Å². The largest absolute Gasteiger partial charge is 0.357 e. The smallest absolute Gasteiger partial charge is 0.242 e. The van der Waals surface area contributed by atoms with Crippen LogP contribution in [0, 0.1) is 5.82 Å². The van der Waals surface area contributed by atoms with Gasteiger partial charge in [0.05, 0.1) is 6.42 Å². The van der Waals surface area contributed by atoms with Crippen molar-refractivity contribution in [1.82, 2.24) is 16.2 Å². The molecule has 2 rings (SSSR count). The van der Waals surface area contributed by atoms with E-state index in [1.54, 1.807) is 12.1 Å². The standard InChI is InChI=1S/C16H16FN3OS/c17-14-8-4-7-13(9-14)10-15(21)19-20-16(22)18-11-12-5-2-1-3-6-12/h1-9H,10-11H2,(H,19,21)(H2,18,20,22). The molecule has 0 unspecified atom stereocenters. The Hall–Kier alpha value is -2.47. The zero-order valence-corrected chi connectivity index (χ0v) is 12.6. The monoisotopic (exact) mass is 317 g/mol. The second-order valence-electron chi connectivity index (χ2n) is 4.65. The molecule has 0 fully saturated rings. The third-order valence-corrected chi connectivity index (χ3v) is 3.11. The second-order valence-corrected chi connectivity index (χ2v) is 5.06. The van der Waals surface area contributed by atoms with Crippen molar-refractivity contribution in [2.75, 3.05) is 0 Å². The molecule has 0 bridgehead atoms. The van der Waals surface area contributed by atoms with Gasteiger partial charge in [-0.3, -0.25) is 15.6 Å². The first kappa shape index (κ1) is 15.9. The van der Waals surface area contributed by atoms with E-state index in [9.17, 15) is 9.18 Å². The number of amides is 1. The third-order valence-electron chi connectivity index (χ3n) is 2.87. The Morgan fingerprint density at radius 1 is 1.00 bits per heavy atom. The summed E-state index contributed by atoms with van der Waals surface area (Å²) in [5.74, 6) is -0.659. The van der Waals surface area contributed by atoms with Gasteiger partial charge in [0.15, 0.2) is 5.11 Å². The van der Waals surface area contributed by atoms with Crippen molar-refractivity contribution in [1.29, 1.82) is 0 Å². The number of carbonyl (C=O) groups excluding carboxylic acids is 1. The van der Waals surface area contributed by atoms with E-state index in [0.717, 1.165) is 5.56 Å². The summed E-state index contributed by atoms with van der Waals surface area (Å²) in [6.07, 6.45) is 0.0755. The number of rotatable bonds is 4. The molecule has 0 aliphatic heterocycles. The molecule has 2 aromatic rings. The molecule has 0 aliphatic carbocycles. The average Bonchev–Trinajstić information content (AvgIpc) is 2.52. The number of halogens is 1. The van der Waals surface area contributed by atoms with Crippen LogP contribution in [-0.4, -0.2) is 11.0 Å².